The second-order valence-corrected chi connectivity index (χ2v) is 5.87. The summed E-state index contributed by atoms with van der Waals surface area (Å²) in [7, 11) is 0. The van der Waals surface area contributed by atoms with Gasteiger partial charge in [-0.3, -0.25) is 4.90 Å². The Bertz CT molecular complexity index is 205. The van der Waals surface area contributed by atoms with E-state index in [-0.39, 0.29) is 0 Å². The van der Waals surface area contributed by atoms with E-state index in [0.29, 0.717) is 23.8 Å². The predicted molar refractivity (Wildman–Crippen MR) is 58.4 cm³/mol. The molecule has 0 aromatic carbocycles. The summed E-state index contributed by atoms with van der Waals surface area (Å²) in [5.74, 6) is 0. The zero-order valence-electron chi connectivity index (χ0n) is 9.92. The van der Waals surface area contributed by atoms with Crippen LogP contribution in [0, 0.1) is 0 Å². The largest absolute Gasteiger partial charge is 0.374 e. The Morgan fingerprint density at radius 2 is 1.79 bits per heavy atom. The van der Waals surface area contributed by atoms with Gasteiger partial charge in [-0.15, -0.1) is 0 Å². The van der Waals surface area contributed by atoms with Gasteiger partial charge in [0.05, 0.1) is 12.2 Å². The molecular formula is C12H23NO. The number of nitrogens with zero attached hydrogens (tertiary/aromatic N) is 1. The standard InChI is InChI=1S/C12H23NO/c1-9-7-11(14-10-5-6-10)8-13(9)12(2,3)4/h9-11H,5-8H2,1-4H3/t9-,11+/m0/s1. The first-order valence-corrected chi connectivity index (χ1v) is 5.89. The van der Waals surface area contributed by atoms with Crippen molar-refractivity contribution in [3.05, 3.63) is 0 Å². The summed E-state index contributed by atoms with van der Waals surface area (Å²) in [6.07, 6.45) is 4.90. The van der Waals surface area contributed by atoms with E-state index in [0.717, 1.165) is 6.54 Å². The van der Waals surface area contributed by atoms with Crippen LogP contribution in [-0.4, -0.2) is 35.2 Å². The molecule has 2 heteroatoms. The van der Waals surface area contributed by atoms with Crippen LogP contribution in [0.3, 0.4) is 0 Å². The second kappa shape index (κ2) is 3.49. The molecule has 14 heavy (non-hydrogen) atoms. The van der Waals surface area contributed by atoms with Gasteiger partial charge in [-0.05, 0) is 47.0 Å². The Labute approximate surface area is 87.6 Å². The third kappa shape index (κ3) is 2.29. The van der Waals surface area contributed by atoms with Crippen molar-refractivity contribution in [1.82, 2.24) is 4.90 Å². The van der Waals surface area contributed by atoms with E-state index in [4.69, 9.17) is 4.74 Å². The topological polar surface area (TPSA) is 12.5 Å². The fourth-order valence-corrected chi connectivity index (χ4v) is 2.49. The molecule has 0 aromatic rings. The number of hydrogen-bond donors (Lipinski definition) is 0. The number of likely N-dealkylation sites (tertiary alicyclic amines) is 1. The third-order valence-corrected chi connectivity index (χ3v) is 3.31. The smallest absolute Gasteiger partial charge is 0.0720 e. The number of ether oxygens (including phenoxy) is 1. The third-order valence-electron chi connectivity index (χ3n) is 3.31. The zero-order chi connectivity index (χ0) is 10.3. The van der Waals surface area contributed by atoms with Crippen molar-refractivity contribution >= 4 is 0 Å². The van der Waals surface area contributed by atoms with Crippen molar-refractivity contribution in [3.63, 3.8) is 0 Å². The summed E-state index contributed by atoms with van der Waals surface area (Å²) in [5, 5.41) is 0. The Hall–Kier alpha value is -0.0800. The first-order valence-electron chi connectivity index (χ1n) is 5.89. The molecule has 0 aromatic heterocycles. The van der Waals surface area contributed by atoms with Gasteiger partial charge in [0.2, 0.25) is 0 Å². The van der Waals surface area contributed by atoms with Gasteiger partial charge in [-0.1, -0.05) is 0 Å². The van der Waals surface area contributed by atoms with Crippen molar-refractivity contribution < 1.29 is 4.74 Å². The van der Waals surface area contributed by atoms with Crippen LogP contribution in [0.5, 0.6) is 0 Å². The van der Waals surface area contributed by atoms with Crippen LogP contribution in [0.1, 0.15) is 47.0 Å². The highest BCUT2D eigenvalue weighted by molar-refractivity contribution is 4.92. The maximum atomic E-state index is 5.98. The molecule has 0 radical (unpaired) electrons. The van der Waals surface area contributed by atoms with Gasteiger partial charge in [0.25, 0.3) is 0 Å². The Morgan fingerprint density at radius 3 is 2.21 bits per heavy atom. The van der Waals surface area contributed by atoms with E-state index in [2.05, 4.69) is 32.6 Å². The Kier molecular flexibility index (Phi) is 2.61. The van der Waals surface area contributed by atoms with E-state index in [1.54, 1.807) is 0 Å². The molecule has 2 aliphatic rings. The minimum Gasteiger partial charge on any atom is -0.374 e. The highest BCUT2D eigenvalue weighted by Gasteiger charge is 2.38. The van der Waals surface area contributed by atoms with Crippen molar-refractivity contribution in [2.75, 3.05) is 6.54 Å². The molecule has 2 rings (SSSR count). The van der Waals surface area contributed by atoms with Crippen LogP contribution in [0.4, 0.5) is 0 Å². The van der Waals surface area contributed by atoms with Crippen LogP contribution in [0.25, 0.3) is 0 Å². The lowest BCUT2D eigenvalue weighted by molar-refractivity contribution is 0.0366. The van der Waals surface area contributed by atoms with Gasteiger partial charge in [0.15, 0.2) is 0 Å². The van der Waals surface area contributed by atoms with Gasteiger partial charge >= 0.3 is 0 Å². The van der Waals surface area contributed by atoms with E-state index in [1.165, 1.54) is 19.3 Å². The molecule has 1 saturated carbocycles. The van der Waals surface area contributed by atoms with Crippen LogP contribution >= 0.6 is 0 Å². The summed E-state index contributed by atoms with van der Waals surface area (Å²) < 4.78 is 5.98. The van der Waals surface area contributed by atoms with E-state index in [9.17, 15) is 0 Å². The average Bonchev–Trinajstić information content (AvgIpc) is 2.73. The molecule has 1 aliphatic carbocycles. The van der Waals surface area contributed by atoms with Gasteiger partial charge < -0.3 is 4.74 Å². The maximum absolute atomic E-state index is 5.98. The predicted octanol–water partition coefficient (Wildman–Crippen LogP) is 2.43. The second-order valence-electron chi connectivity index (χ2n) is 5.87. The van der Waals surface area contributed by atoms with Gasteiger partial charge in [0.1, 0.15) is 0 Å². The van der Waals surface area contributed by atoms with E-state index < -0.39 is 0 Å². The molecule has 1 heterocycles. The van der Waals surface area contributed by atoms with Crippen molar-refractivity contribution in [1.29, 1.82) is 0 Å². The monoisotopic (exact) mass is 197 g/mol. The molecule has 2 fully saturated rings. The minimum absolute atomic E-state index is 0.293. The quantitative estimate of drug-likeness (QED) is 0.674. The first kappa shape index (κ1) is 10.4. The molecule has 0 bridgehead atoms. The first-order chi connectivity index (χ1) is 6.47. The highest BCUT2D eigenvalue weighted by Crippen LogP contribution is 2.32. The molecular weight excluding hydrogens is 174 g/mol. The minimum atomic E-state index is 0.293. The lowest BCUT2D eigenvalue weighted by atomic mass is 10.1. The summed E-state index contributed by atoms with van der Waals surface area (Å²) in [5.41, 5.74) is 0.293. The summed E-state index contributed by atoms with van der Waals surface area (Å²) in [4.78, 5) is 2.57. The van der Waals surface area contributed by atoms with Crippen LogP contribution in [-0.2, 0) is 4.74 Å². The Morgan fingerprint density at radius 1 is 1.14 bits per heavy atom. The number of hydrogen-bond acceptors (Lipinski definition) is 2. The van der Waals surface area contributed by atoms with E-state index in [1.807, 2.05) is 0 Å². The summed E-state index contributed by atoms with van der Waals surface area (Å²) in [6.45, 7) is 10.3. The lowest BCUT2D eigenvalue weighted by Crippen LogP contribution is -2.43. The molecule has 1 saturated heterocycles. The fourth-order valence-electron chi connectivity index (χ4n) is 2.49. The normalized spacial score (nSPS) is 35.1. The van der Waals surface area contributed by atoms with Gasteiger partial charge in [0, 0.05) is 18.1 Å². The SMILES string of the molecule is C[C@H]1C[C@@H](OC2CC2)CN1C(C)(C)C. The molecule has 0 spiro atoms. The maximum Gasteiger partial charge on any atom is 0.0720 e. The molecule has 2 atom stereocenters. The molecule has 82 valence electrons. The van der Waals surface area contributed by atoms with Crippen LogP contribution in [0.2, 0.25) is 0 Å². The Balaban J connectivity index is 1.89. The average molecular weight is 197 g/mol. The van der Waals surface area contributed by atoms with Crippen molar-refractivity contribution in [2.45, 2.75) is 70.7 Å². The van der Waals surface area contributed by atoms with Crippen LogP contribution in [0.15, 0.2) is 0 Å². The molecule has 0 N–H and O–H groups in total. The summed E-state index contributed by atoms with van der Waals surface area (Å²) in [6, 6.07) is 0.679. The van der Waals surface area contributed by atoms with E-state index >= 15 is 0 Å². The van der Waals surface area contributed by atoms with Crippen LogP contribution < -0.4 is 0 Å². The molecule has 1 aliphatic heterocycles. The number of rotatable bonds is 2. The van der Waals surface area contributed by atoms with Crippen molar-refractivity contribution in [3.8, 4) is 0 Å². The fraction of sp³-hybridized carbons (Fsp3) is 1.00. The molecule has 2 nitrogen and oxygen atoms in total. The zero-order valence-corrected chi connectivity index (χ0v) is 9.92. The molecule has 0 amide bonds. The van der Waals surface area contributed by atoms with Gasteiger partial charge in [-0.2, -0.15) is 0 Å². The summed E-state index contributed by atoms with van der Waals surface area (Å²) >= 11 is 0. The van der Waals surface area contributed by atoms with Gasteiger partial charge in [-0.25, -0.2) is 0 Å². The lowest BCUT2D eigenvalue weighted by Gasteiger charge is -2.35. The molecule has 0 unspecified atom stereocenters. The highest BCUT2D eigenvalue weighted by atomic mass is 16.5. The van der Waals surface area contributed by atoms with Crippen molar-refractivity contribution in [2.24, 2.45) is 0 Å².